The van der Waals surface area contributed by atoms with Crippen LogP contribution in [0.1, 0.15) is 39.4 Å². The first kappa shape index (κ1) is 19.1. The number of rotatable bonds is 6. The van der Waals surface area contributed by atoms with Gasteiger partial charge < -0.3 is 10.2 Å². The Labute approximate surface area is 171 Å². The van der Waals surface area contributed by atoms with Crippen LogP contribution in [-0.4, -0.2) is 33.9 Å². The number of hydrogen-bond acceptors (Lipinski definition) is 4. The maximum atomic E-state index is 13.0. The lowest BCUT2D eigenvalue weighted by atomic mass is 10.00. The van der Waals surface area contributed by atoms with Crippen molar-refractivity contribution in [3.63, 3.8) is 0 Å². The normalized spacial score (nSPS) is 13.1. The van der Waals surface area contributed by atoms with Crippen molar-refractivity contribution >= 4 is 11.7 Å². The van der Waals surface area contributed by atoms with Crippen LogP contribution in [0, 0.1) is 6.92 Å². The van der Waals surface area contributed by atoms with E-state index in [4.69, 9.17) is 0 Å². The minimum absolute atomic E-state index is 0.0302. The number of benzene rings is 2. The van der Waals surface area contributed by atoms with Gasteiger partial charge in [-0.2, -0.15) is 0 Å². The Morgan fingerprint density at radius 1 is 1.03 bits per heavy atom. The van der Waals surface area contributed by atoms with Gasteiger partial charge >= 0.3 is 0 Å². The van der Waals surface area contributed by atoms with Gasteiger partial charge in [0.1, 0.15) is 17.3 Å². The zero-order chi connectivity index (χ0) is 20.1. The first-order valence-corrected chi connectivity index (χ1v) is 10.2. The summed E-state index contributed by atoms with van der Waals surface area (Å²) in [4.78, 5) is 23.8. The van der Waals surface area contributed by atoms with E-state index < -0.39 is 0 Å². The average Bonchev–Trinajstić information content (AvgIpc) is 2.76. The molecule has 3 aromatic rings. The van der Waals surface area contributed by atoms with Crippen molar-refractivity contribution in [3.05, 3.63) is 88.9 Å². The van der Waals surface area contributed by atoms with E-state index in [1.165, 1.54) is 16.7 Å². The molecular formula is C24H26N4O. The molecule has 1 aliphatic heterocycles. The fourth-order valence-corrected chi connectivity index (χ4v) is 3.75. The Morgan fingerprint density at radius 2 is 1.79 bits per heavy atom. The third-order valence-electron chi connectivity index (χ3n) is 5.27. The molecule has 0 spiro atoms. The highest BCUT2D eigenvalue weighted by molar-refractivity contribution is 5.93. The predicted octanol–water partition coefficient (Wildman–Crippen LogP) is 4.03. The Morgan fingerprint density at radius 3 is 2.62 bits per heavy atom. The molecule has 0 atom stereocenters. The fraction of sp³-hybridized carbons (Fsp3) is 0.292. The smallest absolute Gasteiger partial charge is 0.272 e. The number of aromatic nitrogens is 2. The number of anilines is 1. The van der Waals surface area contributed by atoms with Gasteiger partial charge in [-0.15, -0.1) is 0 Å². The molecule has 0 saturated carbocycles. The molecular weight excluding hydrogens is 360 g/mol. The molecule has 1 N–H and O–H groups in total. The molecule has 0 fully saturated rings. The largest absolute Gasteiger partial charge is 0.370 e. The fourth-order valence-electron chi connectivity index (χ4n) is 3.75. The van der Waals surface area contributed by atoms with Crippen molar-refractivity contribution in [2.24, 2.45) is 0 Å². The van der Waals surface area contributed by atoms with Crippen LogP contribution >= 0.6 is 0 Å². The number of carbonyl (C=O) groups excluding carboxylic acids is 1. The van der Waals surface area contributed by atoms with Crippen molar-refractivity contribution in [2.75, 3.05) is 18.4 Å². The lowest BCUT2D eigenvalue weighted by molar-refractivity contribution is 0.0728. The number of carbonyl (C=O) groups is 1. The number of aryl methyl sites for hydroxylation is 2. The first-order chi connectivity index (χ1) is 14.2. The molecule has 5 heteroatoms. The van der Waals surface area contributed by atoms with E-state index in [1.807, 2.05) is 24.0 Å². The van der Waals surface area contributed by atoms with E-state index in [1.54, 1.807) is 6.07 Å². The van der Waals surface area contributed by atoms with Crippen LogP contribution in [0.3, 0.4) is 0 Å². The lowest BCUT2D eigenvalue weighted by Gasteiger charge is -2.28. The standard InChI is InChI=1S/C24H26N4O/c1-18-26-22(24(29)28-15-13-20-11-5-6-12-21(20)17-28)16-23(27-18)25-14-7-10-19-8-3-2-4-9-19/h2-6,8-9,11-12,16H,7,10,13-15,17H2,1H3,(H,25,26,27). The van der Waals surface area contributed by atoms with E-state index in [9.17, 15) is 4.79 Å². The van der Waals surface area contributed by atoms with Gasteiger partial charge in [0.05, 0.1) is 0 Å². The summed E-state index contributed by atoms with van der Waals surface area (Å²) in [6.45, 7) is 3.99. The maximum Gasteiger partial charge on any atom is 0.272 e. The molecule has 148 valence electrons. The first-order valence-electron chi connectivity index (χ1n) is 10.2. The Hall–Kier alpha value is -3.21. The van der Waals surface area contributed by atoms with Gasteiger partial charge in [0.25, 0.3) is 5.91 Å². The van der Waals surface area contributed by atoms with E-state index in [0.717, 1.165) is 32.4 Å². The number of fused-ring (bicyclic) bond motifs is 1. The van der Waals surface area contributed by atoms with E-state index in [-0.39, 0.29) is 5.91 Å². The summed E-state index contributed by atoms with van der Waals surface area (Å²) in [5.41, 5.74) is 4.34. The number of nitrogens with one attached hydrogen (secondary N) is 1. The summed E-state index contributed by atoms with van der Waals surface area (Å²) in [5.74, 6) is 1.29. The van der Waals surface area contributed by atoms with Crippen LogP contribution in [0.4, 0.5) is 5.82 Å². The van der Waals surface area contributed by atoms with Crippen LogP contribution < -0.4 is 5.32 Å². The van der Waals surface area contributed by atoms with Crippen LogP contribution in [-0.2, 0) is 19.4 Å². The Kier molecular flexibility index (Phi) is 5.84. The predicted molar refractivity (Wildman–Crippen MR) is 115 cm³/mol. The summed E-state index contributed by atoms with van der Waals surface area (Å²) < 4.78 is 0. The highest BCUT2D eigenvalue weighted by atomic mass is 16.2. The monoisotopic (exact) mass is 386 g/mol. The average molecular weight is 386 g/mol. The highest BCUT2D eigenvalue weighted by Gasteiger charge is 2.23. The second-order valence-corrected chi connectivity index (χ2v) is 7.45. The zero-order valence-electron chi connectivity index (χ0n) is 16.8. The zero-order valence-corrected chi connectivity index (χ0v) is 16.8. The third-order valence-corrected chi connectivity index (χ3v) is 5.27. The second kappa shape index (κ2) is 8.86. The van der Waals surface area contributed by atoms with Gasteiger partial charge in [0, 0.05) is 25.7 Å². The molecule has 1 aromatic heterocycles. The van der Waals surface area contributed by atoms with Crippen molar-refractivity contribution in [1.82, 2.24) is 14.9 Å². The van der Waals surface area contributed by atoms with Gasteiger partial charge in [0.2, 0.25) is 0 Å². The minimum atomic E-state index is -0.0302. The summed E-state index contributed by atoms with van der Waals surface area (Å²) in [5, 5.41) is 3.35. The molecule has 29 heavy (non-hydrogen) atoms. The second-order valence-electron chi connectivity index (χ2n) is 7.45. The molecule has 0 bridgehead atoms. The number of nitrogens with zero attached hydrogens (tertiary/aromatic N) is 3. The molecule has 0 unspecified atom stereocenters. The number of amides is 1. The number of hydrogen-bond donors (Lipinski definition) is 1. The minimum Gasteiger partial charge on any atom is -0.370 e. The van der Waals surface area contributed by atoms with Crippen LogP contribution in [0.15, 0.2) is 60.7 Å². The summed E-state index contributed by atoms with van der Waals surface area (Å²) in [6, 6.07) is 20.5. The topological polar surface area (TPSA) is 58.1 Å². The summed E-state index contributed by atoms with van der Waals surface area (Å²) >= 11 is 0. The van der Waals surface area contributed by atoms with Gasteiger partial charge in [0.15, 0.2) is 0 Å². The van der Waals surface area contributed by atoms with Crippen molar-refractivity contribution < 1.29 is 4.79 Å². The molecule has 2 heterocycles. The van der Waals surface area contributed by atoms with E-state index in [2.05, 4.69) is 57.7 Å². The molecule has 1 amide bonds. The van der Waals surface area contributed by atoms with Crippen LogP contribution in [0.2, 0.25) is 0 Å². The lowest BCUT2D eigenvalue weighted by Crippen LogP contribution is -2.36. The summed E-state index contributed by atoms with van der Waals surface area (Å²) in [6.07, 6.45) is 2.90. The van der Waals surface area contributed by atoms with E-state index >= 15 is 0 Å². The molecule has 4 rings (SSSR count). The van der Waals surface area contributed by atoms with Crippen LogP contribution in [0.5, 0.6) is 0 Å². The van der Waals surface area contributed by atoms with Crippen molar-refractivity contribution in [3.8, 4) is 0 Å². The highest BCUT2D eigenvalue weighted by Crippen LogP contribution is 2.20. The van der Waals surface area contributed by atoms with E-state index in [0.29, 0.717) is 23.9 Å². The Balaban J connectivity index is 1.38. The molecule has 1 aliphatic rings. The SMILES string of the molecule is Cc1nc(NCCCc2ccccc2)cc(C(=O)N2CCc3ccccc3C2)n1. The molecule has 5 nitrogen and oxygen atoms in total. The third kappa shape index (κ3) is 4.80. The van der Waals surface area contributed by atoms with Gasteiger partial charge in [-0.05, 0) is 42.9 Å². The van der Waals surface area contributed by atoms with Crippen molar-refractivity contribution in [2.45, 2.75) is 32.7 Å². The maximum absolute atomic E-state index is 13.0. The van der Waals surface area contributed by atoms with Crippen LogP contribution in [0.25, 0.3) is 0 Å². The summed E-state index contributed by atoms with van der Waals surface area (Å²) in [7, 11) is 0. The Bertz CT molecular complexity index is 987. The van der Waals surface area contributed by atoms with Gasteiger partial charge in [-0.25, -0.2) is 9.97 Å². The molecule has 0 radical (unpaired) electrons. The van der Waals surface area contributed by atoms with Crippen molar-refractivity contribution in [1.29, 1.82) is 0 Å². The quantitative estimate of drug-likeness (QED) is 0.650. The molecule has 2 aromatic carbocycles. The molecule has 0 saturated heterocycles. The molecule has 0 aliphatic carbocycles. The van der Waals surface area contributed by atoms with Gasteiger partial charge in [-0.1, -0.05) is 54.6 Å². The van der Waals surface area contributed by atoms with Gasteiger partial charge in [-0.3, -0.25) is 4.79 Å².